The molecule has 0 bridgehead atoms. The van der Waals surface area contributed by atoms with Crippen LogP contribution in [0.4, 0.5) is 5.95 Å². The van der Waals surface area contributed by atoms with E-state index >= 15 is 0 Å². The second kappa shape index (κ2) is 8.37. The number of nitrogen functional groups attached to an aromatic ring is 1. The van der Waals surface area contributed by atoms with Gasteiger partial charge in [-0.15, -0.1) is 5.10 Å². The van der Waals surface area contributed by atoms with E-state index in [-0.39, 0.29) is 5.95 Å². The molecule has 0 amide bonds. The molecule has 0 aliphatic heterocycles. The van der Waals surface area contributed by atoms with Gasteiger partial charge in [-0.3, -0.25) is 0 Å². The second-order valence-corrected chi connectivity index (χ2v) is 1.34. The molecule has 0 radical (unpaired) electrons. The Morgan fingerprint density at radius 1 is 1.21 bits per heavy atom. The molecule has 0 atom stereocenters. The summed E-state index contributed by atoms with van der Waals surface area (Å²) in [4.78, 5) is 17.2. The fraction of sp³-hybridized carbons (Fsp3) is 0. The second-order valence-electron chi connectivity index (χ2n) is 1.34. The molecule has 13 nitrogen and oxygen atoms in total. The minimum atomic E-state index is -1.00. The predicted octanol–water partition coefficient (Wildman–Crippen LogP) is -2.94. The van der Waals surface area contributed by atoms with Gasteiger partial charge in [-0.2, -0.15) is 16.9 Å². The summed E-state index contributed by atoms with van der Waals surface area (Å²) in [5.41, 5.74) is 4.96. The molecule has 1 heterocycles. The van der Waals surface area contributed by atoms with E-state index < -0.39 is 10.1 Å². The number of hydrogen-bond acceptors (Lipinski definition) is 8. The fourth-order valence-electron chi connectivity index (χ4n) is 0.170. The monoisotopic (exact) mass is 209 g/mol. The van der Waals surface area contributed by atoms with Crippen molar-refractivity contribution < 1.29 is 10.1 Å². The van der Waals surface area contributed by atoms with Crippen LogP contribution in [-0.2, 0) is 0 Å². The van der Waals surface area contributed by atoms with Crippen molar-refractivity contribution in [1.29, 1.82) is 0 Å². The molecule has 0 saturated carbocycles. The number of nitrogens with two attached hydrogens (primary N) is 3. The molecule has 80 valence electrons. The largest absolute Gasteiger partial charge is 0.365 e. The lowest BCUT2D eigenvalue weighted by atomic mass is 11.2. The Kier molecular flexibility index (Phi) is 8.27. The van der Waals surface area contributed by atoms with Crippen LogP contribution in [0.3, 0.4) is 0 Å². The summed E-state index contributed by atoms with van der Waals surface area (Å²) in [6, 6.07) is 0. The van der Waals surface area contributed by atoms with Crippen LogP contribution in [0.25, 0.3) is 0 Å². The summed E-state index contributed by atoms with van der Waals surface area (Å²) >= 11 is 0. The highest BCUT2D eigenvalue weighted by Crippen LogP contribution is 1.72. The number of aromatic nitrogens is 4. The average Bonchev–Trinajstić information content (AvgIpc) is 2.36. The summed E-state index contributed by atoms with van der Waals surface area (Å²) in [6.07, 6.45) is 0. The maximum atomic E-state index is 8.58. The first-order valence-electron chi connectivity index (χ1n) is 2.63. The molecule has 1 rings (SSSR count). The van der Waals surface area contributed by atoms with Gasteiger partial charge in [-0.25, -0.2) is 20.2 Å². The third-order valence-corrected chi connectivity index (χ3v) is 0.362. The van der Waals surface area contributed by atoms with E-state index in [0.717, 1.165) is 0 Å². The quantitative estimate of drug-likeness (QED) is 0.193. The third-order valence-electron chi connectivity index (χ3n) is 0.362. The molecular formula is CH7N9O4. The van der Waals surface area contributed by atoms with Gasteiger partial charge in [0.2, 0.25) is 0 Å². The first kappa shape index (κ1) is 13.8. The number of hydrogen-bond donors (Lipinski definition) is 4. The van der Waals surface area contributed by atoms with E-state index in [2.05, 4.69) is 32.3 Å². The van der Waals surface area contributed by atoms with E-state index in [1.807, 2.05) is 0 Å². The third kappa shape index (κ3) is 34.8. The molecule has 7 N–H and O–H groups in total. The molecule has 0 aromatic carbocycles. The summed E-state index contributed by atoms with van der Waals surface area (Å²) in [7, 11) is 0. The number of hydrazine groups is 2. The predicted molar refractivity (Wildman–Crippen MR) is 41.0 cm³/mol. The number of tetrazole rings is 1. The van der Waals surface area contributed by atoms with Crippen molar-refractivity contribution in [2.45, 2.75) is 0 Å². The van der Waals surface area contributed by atoms with Crippen molar-refractivity contribution in [1.82, 2.24) is 20.6 Å². The number of nitrogens with one attached hydrogen (secondary N) is 1. The minimum absolute atomic E-state index is 0.176. The number of nitro groups is 2. The zero-order chi connectivity index (χ0) is 11.6. The molecule has 14 heavy (non-hydrogen) atoms. The normalized spacial score (nSPS) is 7.14. The summed E-state index contributed by atoms with van der Waals surface area (Å²) in [6.45, 7) is 0. The van der Waals surface area contributed by atoms with Crippen LogP contribution in [0.1, 0.15) is 0 Å². The molecule has 1 aromatic heterocycles. The van der Waals surface area contributed by atoms with Crippen LogP contribution >= 0.6 is 0 Å². The van der Waals surface area contributed by atoms with Gasteiger partial charge in [-0.05, 0) is 5.21 Å². The SMILES string of the molecule is N[N+](=O)[O-].N[N+](=O)[O-].Nc1nn[nH]n1. The zero-order valence-corrected chi connectivity index (χ0v) is 6.60. The molecule has 0 saturated heterocycles. The van der Waals surface area contributed by atoms with Gasteiger partial charge in [0.1, 0.15) is 0 Å². The Morgan fingerprint density at radius 2 is 1.57 bits per heavy atom. The van der Waals surface area contributed by atoms with Crippen LogP contribution in [0.15, 0.2) is 0 Å². The molecular weight excluding hydrogens is 202 g/mol. The number of anilines is 1. The van der Waals surface area contributed by atoms with E-state index in [1.165, 1.54) is 0 Å². The van der Waals surface area contributed by atoms with Crippen molar-refractivity contribution in [3.05, 3.63) is 20.2 Å². The van der Waals surface area contributed by atoms with Crippen LogP contribution in [0, 0.1) is 20.2 Å². The lowest BCUT2D eigenvalue weighted by molar-refractivity contribution is -0.491. The molecule has 0 aliphatic rings. The van der Waals surface area contributed by atoms with Gasteiger partial charge in [0, 0.05) is 0 Å². The van der Waals surface area contributed by atoms with Crippen molar-refractivity contribution >= 4 is 5.95 Å². The van der Waals surface area contributed by atoms with Gasteiger partial charge < -0.3 is 5.73 Å². The Labute approximate surface area is 75.5 Å². The van der Waals surface area contributed by atoms with Crippen molar-refractivity contribution in [2.75, 3.05) is 5.73 Å². The highest BCUT2D eigenvalue weighted by Gasteiger charge is 1.78. The molecule has 0 aliphatic carbocycles. The van der Waals surface area contributed by atoms with Crippen LogP contribution in [0.5, 0.6) is 0 Å². The first-order valence-corrected chi connectivity index (χ1v) is 2.63. The van der Waals surface area contributed by atoms with E-state index in [4.69, 9.17) is 26.0 Å². The number of rotatable bonds is 0. The first-order chi connectivity index (χ1) is 6.36. The van der Waals surface area contributed by atoms with Crippen LogP contribution < -0.4 is 17.4 Å². The van der Waals surface area contributed by atoms with E-state index in [1.54, 1.807) is 0 Å². The topological polar surface area (TPSA) is 219 Å². The average molecular weight is 209 g/mol. The maximum absolute atomic E-state index is 8.58. The Bertz CT molecular complexity index is 234. The molecule has 0 unspecified atom stereocenters. The summed E-state index contributed by atoms with van der Waals surface area (Å²) < 4.78 is 0. The standard InChI is InChI=1S/CH3N5.2H2N2O2/c2-1-3-5-6-4-1;2*1-2(3)4/h(H3,2,3,4,5,6);2*1H2. The van der Waals surface area contributed by atoms with Crippen molar-refractivity contribution in [2.24, 2.45) is 11.7 Å². The van der Waals surface area contributed by atoms with Gasteiger partial charge in [0.15, 0.2) is 10.1 Å². The smallest absolute Gasteiger partial charge is 0.260 e. The Hall–Kier alpha value is -2.73. The highest BCUT2D eigenvalue weighted by molar-refractivity contribution is 5.05. The molecule has 0 spiro atoms. The van der Waals surface area contributed by atoms with Crippen molar-refractivity contribution in [3.8, 4) is 0 Å². The maximum Gasteiger partial charge on any atom is 0.260 e. The number of aromatic amines is 1. The molecule has 0 fully saturated rings. The zero-order valence-electron chi connectivity index (χ0n) is 6.60. The van der Waals surface area contributed by atoms with Gasteiger partial charge in [0.25, 0.3) is 5.95 Å². The highest BCUT2D eigenvalue weighted by atomic mass is 16.7. The number of H-pyrrole nitrogens is 1. The number of nitrogens with zero attached hydrogens (tertiary/aromatic N) is 5. The summed E-state index contributed by atoms with van der Waals surface area (Å²) in [5.74, 6) is 7.84. The van der Waals surface area contributed by atoms with Crippen LogP contribution in [-0.4, -0.2) is 30.7 Å². The van der Waals surface area contributed by atoms with Gasteiger partial charge >= 0.3 is 0 Å². The van der Waals surface area contributed by atoms with E-state index in [0.29, 0.717) is 0 Å². The molecule has 13 heteroatoms. The molecule has 1 aromatic rings. The minimum Gasteiger partial charge on any atom is -0.365 e. The van der Waals surface area contributed by atoms with Crippen molar-refractivity contribution in [3.63, 3.8) is 0 Å². The van der Waals surface area contributed by atoms with E-state index in [9.17, 15) is 0 Å². The van der Waals surface area contributed by atoms with Crippen LogP contribution in [0.2, 0.25) is 0 Å². The fourth-order valence-corrected chi connectivity index (χ4v) is 0.170. The summed E-state index contributed by atoms with van der Waals surface area (Å²) in [5, 5.41) is 27.2. The van der Waals surface area contributed by atoms with Gasteiger partial charge in [0.05, 0.1) is 0 Å². The van der Waals surface area contributed by atoms with Gasteiger partial charge in [-0.1, -0.05) is 5.10 Å². The Balaban J connectivity index is 0. The lowest BCUT2D eigenvalue weighted by Crippen LogP contribution is -2.04. The lowest BCUT2D eigenvalue weighted by Gasteiger charge is -1.62. The Morgan fingerprint density at radius 3 is 1.64 bits per heavy atom.